The predicted octanol–water partition coefficient (Wildman–Crippen LogP) is 3.48. The molecule has 1 rings (SSSR count). The zero-order chi connectivity index (χ0) is 10.6. The van der Waals surface area contributed by atoms with Crippen LogP contribution >= 0.6 is 0 Å². The molecule has 0 radical (unpaired) electrons. The number of nitrogens with zero attached hydrogens (tertiary/aromatic N) is 1. The molecule has 0 atom stereocenters. The molecule has 0 heterocycles. The molecule has 1 nitrogen and oxygen atoms in total. The Morgan fingerprint density at radius 1 is 1.21 bits per heavy atom. The van der Waals surface area contributed by atoms with Crippen LogP contribution in [0.25, 0.3) is 0 Å². The van der Waals surface area contributed by atoms with Crippen molar-refractivity contribution in [1.29, 1.82) is 5.26 Å². The van der Waals surface area contributed by atoms with Gasteiger partial charge in [0.25, 0.3) is 0 Å². The van der Waals surface area contributed by atoms with E-state index in [1.807, 2.05) is 13.8 Å². The van der Waals surface area contributed by atoms with Gasteiger partial charge < -0.3 is 0 Å². The number of aryl methyl sites for hydroxylation is 2. The first-order chi connectivity index (χ1) is 6.53. The van der Waals surface area contributed by atoms with Gasteiger partial charge in [-0.25, -0.2) is 0 Å². The quantitative estimate of drug-likeness (QED) is 0.710. The molecule has 1 aromatic rings. The summed E-state index contributed by atoms with van der Waals surface area (Å²) >= 11 is 0. The number of hydrogen-bond acceptors (Lipinski definition) is 1. The van der Waals surface area contributed by atoms with Gasteiger partial charge in [-0.2, -0.15) is 5.26 Å². The Kier molecular flexibility index (Phi) is 3.30. The van der Waals surface area contributed by atoms with Gasteiger partial charge in [-0.3, -0.25) is 0 Å². The number of rotatable bonds is 3. The molecule has 1 heteroatoms. The monoisotopic (exact) mass is 187 g/mol. The number of hydrogen-bond donors (Lipinski definition) is 0. The number of nitriles is 1. The van der Waals surface area contributed by atoms with E-state index in [2.05, 4.69) is 37.3 Å². The van der Waals surface area contributed by atoms with E-state index < -0.39 is 0 Å². The van der Waals surface area contributed by atoms with Gasteiger partial charge in [-0.1, -0.05) is 29.8 Å². The molecule has 0 bridgehead atoms. The average Bonchev–Trinajstić information content (AvgIpc) is 2.17. The van der Waals surface area contributed by atoms with E-state index in [0.717, 1.165) is 12.8 Å². The van der Waals surface area contributed by atoms with Gasteiger partial charge in [0, 0.05) is 0 Å². The van der Waals surface area contributed by atoms with Crippen LogP contribution in [0.15, 0.2) is 24.3 Å². The summed E-state index contributed by atoms with van der Waals surface area (Å²) < 4.78 is 0. The molecular weight excluding hydrogens is 170 g/mol. The highest BCUT2D eigenvalue weighted by Gasteiger charge is 2.15. The third-order valence-corrected chi connectivity index (χ3v) is 2.46. The van der Waals surface area contributed by atoms with E-state index in [4.69, 9.17) is 5.26 Å². The molecule has 0 aliphatic heterocycles. The maximum atomic E-state index is 8.87. The van der Waals surface area contributed by atoms with Crippen LogP contribution in [-0.4, -0.2) is 0 Å². The minimum absolute atomic E-state index is 0.203. The molecule has 74 valence electrons. The van der Waals surface area contributed by atoms with Crippen molar-refractivity contribution in [3.8, 4) is 6.07 Å². The van der Waals surface area contributed by atoms with Gasteiger partial charge in [0.2, 0.25) is 0 Å². The van der Waals surface area contributed by atoms with Crippen LogP contribution in [0.5, 0.6) is 0 Å². The van der Waals surface area contributed by atoms with E-state index in [1.165, 1.54) is 11.1 Å². The fourth-order valence-corrected chi connectivity index (χ4v) is 1.27. The smallest absolute Gasteiger partial charge is 0.0684 e. The van der Waals surface area contributed by atoms with Crippen molar-refractivity contribution in [3.05, 3.63) is 35.4 Å². The second-order valence-electron chi connectivity index (χ2n) is 4.48. The van der Waals surface area contributed by atoms with Crippen molar-refractivity contribution >= 4 is 0 Å². The van der Waals surface area contributed by atoms with Crippen LogP contribution < -0.4 is 0 Å². The second kappa shape index (κ2) is 4.28. The van der Waals surface area contributed by atoms with Crippen molar-refractivity contribution in [2.75, 3.05) is 0 Å². The Labute approximate surface area is 86.4 Å². The lowest BCUT2D eigenvalue weighted by Gasteiger charge is -2.14. The van der Waals surface area contributed by atoms with Gasteiger partial charge in [-0.15, -0.1) is 0 Å². The van der Waals surface area contributed by atoms with Crippen LogP contribution in [0, 0.1) is 23.7 Å². The van der Waals surface area contributed by atoms with Gasteiger partial charge in [-0.05, 0) is 39.2 Å². The largest absolute Gasteiger partial charge is 0.198 e. The van der Waals surface area contributed by atoms with Crippen LogP contribution in [0.1, 0.15) is 31.4 Å². The summed E-state index contributed by atoms with van der Waals surface area (Å²) in [7, 11) is 0. The van der Waals surface area contributed by atoms with Crippen LogP contribution in [-0.2, 0) is 6.42 Å². The predicted molar refractivity (Wildman–Crippen MR) is 58.9 cm³/mol. The molecule has 0 unspecified atom stereocenters. The molecular formula is C13H17N. The molecule has 0 fully saturated rings. The van der Waals surface area contributed by atoms with Crippen LogP contribution in [0.4, 0.5) is 0 Å². The Morgan fingerprint density at radius 3 is 2.29 bits per heavy atom. The van der Waals surface area contributed by atoms with Crippen molar-refractivity contribution in [3.63, 3.8) is 0 Å². The van der Waals surface area contributed by atoms with Crippen molar-refractivity contribution in [1.82, 2.24) is 0 Å². The van der Waals surface area contributed by atoms with Crippen molar-refractivity contribution in [2.24, 2.45) is 5.41 Å². The summed E-state index contributed by atoms with van der Waals surface area (Å²) in [5.74, 6) is 0. The minimum atomic E-state index is -0.203. The maximum Gasteiger partial charge on any atom is 0.0684 e. The molecule has 0 saturated heterocycles. The molecule has 0 aliphatic rings. The summed E-state index contributed by atoms with van der Waals surface area (Å²) in [6.07, 6.45) is 1.91. The van der Waals surface area contributed by atoms with Crippen molar-refractivity contribution in [2.45, 2.75) is 33.6 Å². The topological polar surface area (TPSA) is 23.8 Å². The zero-order valence-electron chi connectivity index (χ0n) is 9.17. The van der Waals surface area contributed by atoms with Gasteiger partial charge in [0.15, 0.2) is 0 Å². The van der Waals surface area contributed by atoms with Gasteiger partial charge in [0.1, 0.15) is 0 Å². The maximum absolute atomic E-state index is 8.87. The molecule has 0 spiro atoms. The lowest BCUT2D eigenvalue weighted by Crippen LogP contribution is -2.08. The van der Waals surface area contributed by atoms with Crippen LogP contribution in [0.2, 0.25) is 0 Å². The van der Waals surface area contributed by atoms with E-state index in [0.29, 0.717) is 0 Å². The van der Waals surface area contributed by atoms with E-state index >= 15 is 0 Å². The van der Waals surface area contributed by atoms with E-state index in [9.17, 15) is 0 Å². The molecule has 0 N–H and O–H groups in total. The molecule has 0 amide bonds. The second-order valence-corrected chi connectivity index (χ2v) is 4.48. The Bertz CT molecular complexity index is 327. The van der Waals surface area contributed by atoms with Gasteiger partial charge >= 0.3 is 0 Å². The molecule has 0 aliphatic carbocycles. The summed E-state index contributed by atoms with van der Waals surface area (Å²) in [6, 6.07) is 10.8. The fraction of sp³-hybridized carbons (Fsp3) is 0.462. The third-order valence-electron chi connectivity index (χ3n) is 2.46. The SMILES string of the molecule is Cc1ccc(CCC(C)(C)C#N)cc1. The Morgan fingerprint density at radius 2 is 1.79 bits per heavy atom. The first-order valence-electron chi connectivity index (χ1n) is 5.00. The van der Waals surface area contributed by atoms with Crippen LogP contribution in [0.3, 0.4) is 0 Å². The molecule has 14 heavy (non-hydrogen) atoms. The highest BCUT2D eigenvalue weighted by atomic mass is 14.3. The summed E-state index contributed by atoms with van der Waals surface area (Å²) in [6.45, 7) is 6.06. The Hall–Kier alpha value is -1.29. The lowest BCUT2D eigenvalue weighted by molar-refractivity contribution is 0.452. The van der Waals surface area contributed by atoms with E-state index in [1.54, 1.807) is 0 Å². The summed E-state index contributed by atoms with van der Waals surface area (Å²) in [4.78, 5) is 0. The Balaban J connectivity index is 2.55. The lowest BCUT2D eigenvalue weighted by atomic mass is 9.88. The first-order valence-corrected chi connectivity index (χ1v) is 5.00. The average molecular weight is 187 g/mol. The third kappa shape index (κ3) is 3.22. The molecule has 0 aromatic heterocycles. The number of benzene rings is 1. The standard InChI is InChI=1S/C13H17N/c1-11-4-6-12(7-5-11)8-9-13(2,3)10-14/h4-7H,8-9H2,1-3H3. The molecule has 1 aromatic carbocycles. The fourth-order valence-electron chi connectivity index (χ4n) is 1.27. The summed E-state index contributed by atoms with van der Waals surface area (Å²) in [5.41, 5.74) is 2.40. The van der Waals surface area contributed by atoms with Crippen molar-refractivity contribution < 1.29 is 0 Å². The zero-order valence-corrected chi connectivity index (χ0v) is 9.17. The van der Waals surface area contributed by atoms with Gasteiger partial charge in [0.05, 0.1) is 11.5 Å². The van der Waals surface area contributed by atoms with E-state index in [-0.39, 0.29) is 5.41 Å². The first kappa shape index (κ1) is 10.8. The minimum Gasteiger partial charge on any atom is -0.198 e. The summed E-state index contributed by atoms with van der Waals surface area (Å²) in [5, 5.41) is 8.87. The normalized spacial score (nSPS) is 11.0. The molecule has 0 saturated carbocycles. The highest BCUT2D eigenvalue weighted by molar-refractivity contribution is 5.21. The highest BCUT2D eigenvalue weighted by Crippen LogP contribution is 2.21.